The Morgan fingerprint density at radius 1 is 1.35 bits per heavy atom. The van der Waals surface area contributed by atoms with E-state index in [4.69, 9.17) is 5.73 Å². The molecule has 1 aromatic carbocycles. The number of nitrogen functional groups attached to an aromatic ring is 1. The van der Waals surface area contributed by atoms with Crippen molar-refractivity contribution in [2.45, 2.75) is 25.3 Å². The second-order valence-electron chi connectivity index (χ2n) is 4.76. The number of nitrogens with zero attached hydrogens (tertiary/aromatic N) is 2. The van der Waals surface area contributed by atoms with Gasteiger partial charge in [-0.1, -0.05) is 0 Å². The summed E-state index contributed by atoms with van der Waals surface area (Å²) in [6.07, 6.45) is 1.80. The molecule has 3 N–H and O–H groups in total. The third kappa shape index (κ3) is 3.00. The van der Waals surface area contributed by atoms with E-state index in [1.807, 2.05) is 6.92 Å². The summed E-state index contributed by atoms with van der Waals surface area (Å²) in [5, 5.41) is 4.18. The van der Waals surface area contributed by atoms with Crippen molar-refractivity contribution in [3.8, 4) is 0 Å². The fourth-order valence-electron chi connectivity index (χ4n) is 1.89. The van der Waals surface area contributed by atoms with Crippen LogP contribution in [0.3, 0.4) is 0 Å². The highest BCUT2D eigenvalue weighted by Crippen LogP contribution is 2.17. The molecule has 2 rings (SSSR count). The number of aromatic nitrogens is 2. The van der Waals surface area contributed by atoms with Gasteiger partial charge < -0.3 is 5.73 Å². The van der Waals surface area contributed by atoms with Crippen molar-refractivity contribution in [1.29, 1.82) is 0 Å². The SMILES string of the molecule is Cc1cc(S(=O)(=O)NCc2cn(C)nc2C)ccc1N. The number of nitrogens with two attached hydrogens (primary N) is 1. The van der Waals surface area contributed by atoms with Crippen molar-refractivity contribution >= 4 is 15.7 Å². The third-order valence-electron chi connectivity index (χ3n) is 3.12. The van der Waals surface area contributed by atoms with Crippen LogP contribution in [-0.2, 0) is 23.6 Å². The second kappa shape index (κ2) is 5.26. The van der Waals surface area contributed by atoms with Crippen LogP contribution in [0.15, 0.2) is 29.3 Å². The van der Waals surface area contributed by atoms with E-state index in [9.17, 15) is 8.42 Å². The number of hydrogen-bond acceptors (Lipinski definition) is 4. The van der Waals surface area contributed by atoms with Crippen LogP contribution < -0.4 is 10.5 Å². The first-order valence-electron chi connectivity index (χ1n) is 6.14. The lowest BCUT2D eigenvalue weighted by molar-refractivity contribution is 0.581. The van der Waals surface area contributed by atoms with Gasteiger partial charge in [0.1, 0.15) is 0 Å². The normalized spacial score (nSPS) is 11.8. The highest BCUT2D eigenvalue weighted by atomic mass is 32.2. The summed E-state index contributed by atoms with van der Waals surface area (Å²) in [5.74, 6) is 0. The van der Waals surface area contributed by atoms with Gasteiger partial charge >= 0.3 is 0 Å². The predicted octanol–water partition coefficient (Wildman–Crippen LogP) is 1.10. The Hall–Kier alpha value is -1.86. The summed E-state index contributed by atoms with van der Waals surface area (Å²) in [6, 6.07) is 4.66. The Morgan fingerprint density at radius 2 is 2.05 bits per heavy atom. The van der Waals surface area contributed by atoms with Crippen LogP contribution in [0.2, 0.25) is 0 Å². The minimum Gasteiger partial charge on any atom is -0.399 e. The Kier molecular flexibility index (Phi) is 3.82. The fourth-order valence-corrected chi connectivity index (χ4v) is 2.98. The molecule has 0 spiro atoms. The molecule has 0 saturated carbocycles. The molecule has 0 atom stereocenters. The maximum absolute atomic E-state index is 12.2. The van der Waals surface area contributed by atoms with Gasteiger partial charge in [0.15, 0.2) is 0 Å². The molecule has 108 valence electrons. The Balaban J connectivity index is 2.19. The lowest BCUT2D eigenvalue weighted by atomic mass is 10.2. The molecule has 0 aliphatic carbocycles. The van der Waals surface area contributed by atoms with E-state index in [0.717, 1.165) is 16.8 Å². The summed E-state index contributed by atoms with van der Waals surface area (Å²) < 4.78 is 28.6. The molecule has 0 aliphatic heterocycles. The van der Waals surface area contributed by atoms with Crippen LogP contribution in [0, 0.1) is 13.8 Å². The second-order valence-corrected chi connectivity index (χ2v) is 6.52. The van der Waals surface area contributed by atoms with Crippen molar-refractivity contribution < 1.29 is 8.42 Å². The molecule has 0 radical (unpaired) electrons. The van der Waals surface area contributed by atoms with Gasteiger partial charge in [0, 0.05) is 31.0 Å². The Bertz CT molecular complexity index is 735. The zero-order chi connectivity index (χ0) is 14.9. The van der Waals surface area contributed by atoms with E-state index >= 15 is 0 Å². The molecule has 7 heteroatoms. The third-order valence-corrected chi connectivity index (χ3v) is 4.52. The van der Waals surface area contributed by atoms with Crippen LogP contribution >= 0.6 is 0 Å². The van der Waals surface area contributed by atoms with Gasteiger partial charge in [-0.2, -0.15) is 5.10 Å². The van der Waals surface area contributed by atoms with Crippen LogP contribution in [0.4, 0.5) is 5.69 Å². The van der Waals surface area contributed by atoms with Crippen molar-refractivity contribution in [1.82, 2.24) is 14.5 Å². The lowest BCUT2D eigenvalue weighted by Crippen LogP contribution is -2.23. The molecule has 20 heavy (non-hydrogen) atoms. The van der Waals surface area contributed by atoms with E-state index in [0.29, 0.717) is 5.69 Å². The highest BCUT2D eigenvalue weighted by molar-refractivity contribution is 7.89. The van der Waals surface area contributed by atoms with Crippen molar-refractivity contribution in [3.63, 3.8) is 0 Å². The van der Waals surface area contributed by atoms with Gasteiger partial charge in [-0.05, 0) is 37.6 Å². The monoisotopic (exact) mass is 294 g/mol. The minimum absolute atomic E-state index is 0.214. The molecule has 0 unspecified atom stereocenters. The maximum Gasteiger partial charge on any atom is 0.240 e. The average molecular weight is 294 g/mol. The fraction of sp³-hybridized carbons (Fsp3) is 0.308. The first kappa shape index (κ1) is 14.5. The quantitative estimate of drug-likeness (QED) is 0.826. The Labute approximate surface area is 118 Å². The van der Waals surface area contributed by atoms with Crippen LogP contribution in [0.1, 0.15) is 16.8 Å². The summed E-state index contributed by atoms with van der Waals surface area (Å²) in [5.41, 5.74) is 8.67. The number of nitrogens with one attached hydrogen (secondary N) is 1. The van der Waals surface area contributed by atoms with E-state index in [1.165, 1.54) is 6.07 Å². The largest absolute Gasteiger partial charge is 0.399 e. The molecule has 2 aromatic rings. The number of anilines is 1. The topological polar surface area (TPSA) is 90.0 Å². The van der Waals surface area contributed by atoms with Crippen molar-refractivity contribution in [3.05, 3.63) is 41.2 Å². The van der Waals surface area contributed by atoms with Crippen molar-refractivity contribution in [2.24, 2.45) is 7.05 Å². The predicted molar refractivity (Wildman–Crippen MR) is 77.6 cm³/mol. The molecule has 0 aliphatic rings. The van der Waals surface area contributed by atoms with E-state index in [1.54, 1.807) is 37.0 Å². The molecule has 1 heterocycles. The molecular weight excluding hydrogens is 276 g/mol. The molecule has 1 aromatic heterocycles. The van der Waals surface area contributed by atoms with E-state index in [-0.39, 0.29) is 11.4 Å². The first-order chi connectivity index (χ1) is 9.29. The summed E-state index contributed by atoms with van der Waals surface area (Å²) >= 11 is 0. The van der Waals surface area contributed by atoms with Crippen LogP contribution in [0.25, 0.3) is 0 Å². The van der Waals surface area contributed by atoms with Crippen LogP contribution in [-0.4, -0.2) is 18.2 Å². The number of benzene rings is 1. The zero-order valence-corrected chi connectivity index (χ0v) is 12.5. The summed E-state index contributed by atoms with van der Waals surface area (Å²) in [6.45, 7) is 3.84. The number of rotatable bonds is 4. The molecule has 0 bridgehead atoms. The van der Waals surface area contributed by atoms with Gasteiger partial charge in [-0.25, -0.2) is 13.1 Å². The number of hydrogen-bond donors (Lipinski definition) is 2. The Morgan fingerprint density at radius 3 is 2.60 bits per heavy atom. The lowest BCUT2D eigenvalue weighted by Gasteiger charge is -2.08. The summed E-state index contributed by atoms with van der Waals surface area (Å²) in [4.78, 5) is 0.214. The maximum atomic E-state index is 12.2. The van der Waals surface area contributed by atoms with Crippen LogP contribution in [0.5, 0.6) is 0 Å². The van der Waals surface area contributed by atoms with Gasteiger partial charge in [-0.15, -0.1) is 0 Å². The minimum atomic E-state index is -3.55. The number of aryl methyl sites for hydroxylation is 3. The molecule has 6 nitrogen and oxygen atoms in total. The zero-order valence-electron chi connectivity index (χ0n) is 11.7. The number of sulfonamides is 1. The van der Waals surface area contributed by atoms with Gasteiger partial charge in [0.05, 0.1) is 10.6 Å². The average Bonchev–Trinajstić information content (AvgIpc) is 2.69. The van der Waals surface area contributed by atoms with Gasteiger partial charge in [0.2, 0.25) is 10.0 Å². The smallest absolute Gasteiger partial charge is 0.240 e. The standard InChI is InChI=1S/C13H18N4O2S/c1-9-6-12(4-5-13(9)14)20(18,19)15-7-11-8-17(3)16-10(11)2/h4-6,8,15H,7,14H2,1-3H3. The highest BCUT2D eigenvalue weighted by Gasteiger charge is 2.15. The van der Waals surface area contributed by atoms with E-state index in [2.05, 4.69) is 9.82 Å². The molecule has 0 saturated heterocycles. The molecular formula is C13H18N4O2S. The molecule has 0 amide bonds. The summed E-state index contributed by atoms with van der Waals surface area (Å²) in [7, 11) is -1.75. The van der Waals surface area contributed by atoms with Gasteiger partial charge in [0.25, 0.3) is 0 Å². The van der Waals surface area contributed by atoms with E-state index < -0.39 is 10.0 Å². The first-order valence-corrected chi connectivity index (χ1v) is 7.63. The molecule has 0 fully saturated rings. The van der Waals surface area contributed by atoms with Crippen molar-refractivity contribution in [2.75, 3.05) is 5.73 Å². The van der Waals surface area contributed by atoms with Gasteiger partial charge in [-0.3, -0.25) is 4.68 Å².